The summed E-state index contributed by atoms with van der Waals surface area (Å²) in [7, 11) is 0. The van der Waals surface area contributed by atoms with Crippen LogP contribution in [0.3, 0.4) is 0 Å². The van der Waals surface area contributed by atoms with Gasteiger partial charge in [0, 0.05) is 24.0 Å². The first-order chi connectivity index (χ1) is 14.8. The predicted molar refractivity (Wildman–Crippen MR) is 125 cm³/mol. The van der Waals surface area contributed by atoms with Crippen LogP contribution in [0.2, 0.25) is 5.02 Å². The molecule has 0 saturated carbocycles. The summed E-state index contributed by atoms with van der Waals surface area (Å²) in [5.74, 6) is 0. The Kier molecular flexibility index (Phi) is 9.98. The molecular weight excluding hydrogens is 392 g/mol. The first-order valence-electron chi connectivity index (χ1n) is 11.2. The number of ether oxygens (including phenoxy) is 1. The quantitative estimate of drug-likeness (QED) is 0.258. The van der Waals surface area contributed by atoms with Gasteiger partial charge in [-0.05, 0) is 55.4 Å². The van der Waals surface area contributed by atoms with Gasteiger partial charge in [-0.15, -0.1) is 0 Å². The topological polar surface area (TPSA) is 27.1 Å². The Labute approximate surface area is 186 Å². The minimum Gasteiger partial charge on any atom is -0.374 e. The van der Waals surface area contributed by atoms with Gasteiger partial charge in [0.25, 0.3) is 0 Å². The molecule has 1 heterocycles. The molecule has 1 aromatic heterocycles. The third-order valence-electron chi connectivity index (χ3n) is 5.48. The summed E-state index contributed by atoms with van der Waals surface area (Å²) in [6.07, 6.45) is 15.5. The summed E-state index contributed by atoms with van der Waals surface area (Å²) in [5, 5.41) is 0.772. The lowest BCUT2D eigenvalue weighted by atomic mass is 10.0. The maximum Gasteiger partial charge on any atom is 0.0945 e. The van der Waals surface area contributed by atoms with Crippen LogP contribution in [0.25, 0.3) is 0 Å². The van der Waals surface area contributed by atoms with E-state index in [0.717, 1.165) is 30.8 Å². The molecule has 0 N–H and O–H groups in total. The van der Waals surface area contributed by atoms with E-state index in [-0.39, 0.29) is 0 Å². The Hall–Kier alpha value is -2.10. The molecule has 0 fully saturated rings. The van der Waals surface area contributed by atoms with Gasteiger partial charge in [-0.3, -0.25) is 0 Å². The lowest BCUT2D eigenvalue weighted by molar-refractivity contribution is 0.0262. The zero-order valence-corrected chi connectivity index (χ0v) is 18.5. The van der Waals surface area contributed by atoms with Gasteiger partial charge in [0.2, 0.25) is 0 Å². The van der Waals surface area contributed by atoms with Crippen molar-refractivity contribution in [1.82, 2.24) is 9.55 Å². The van der Waals surface area contributed by atoms with Crippen LogP contribution in [0, 0.1) is 0 Å². The number of unbranched alkanes of at least 4 members (excludes halogenated alkanes) is 3. The Morgan fingerprint density at radius 1 is 0.833 bits per heavy atom. The fourth-order valence-electron chi connectivity index (χ4n) is 3.71. The summed E-state index contributed by atoms with van der Waals surface area (Å²) in [6, 6.07) is 18.7. The van der Waals surface area contributed by atoms with Crippen LogP contribution in [0.15, 0.2) is 73.3 Å². The fourth-order valence-corrected chi connectivity index (χ4v) is 3.84. The van der Waals surface area contributed by atoms with Crippen LogP contribution in [0.4, 0.5) is 0 Å². The van der Waals surface area contributed by atoms with E-state index in [9.17, 15) is 0 Å². The van der Waals surface area contributed by atoms with Crippen molar-refractivity contribution >= 4 is 11.6 Å². The van der Waals surface area contributed by atoms with Crippen molar-refractivity contribution in [3.63, 3.8) is 0 Å². The van der Waals surface area contributed by atoms with Crippen molar-refractivity contribution < 1.29 is 4.74 Å². The van der Waals surface area contributed by atoms with Crippen molar-refractivity contribution in [1.29, 1.82) is 0 Å². The summed E-state index contributed by atoms with van der Waals surface area (Å²) in [6.45, 7) is 1.71. The Morgan fingerprint density at radius 3 is 2.33 bits per heavy atom. The lowest BCUT2D eigenvalue weighted by Gasteiger charge is -2.18. The number of hydrogen-bond donors (Lipinski definition) is 0. The number of aryl methyl sites for hydroxylation is 2. The van der Waals surface area contributed by atoms with Gasteiger partial charge < -0.3 is 9.30 Å². The van der Waals surface area contributed by atoms with Gasteiger partial charge in [0.1, 0.15) is 0 Å². The van der Waals surface area contributed by atoms with E-state index < -0.39 is 0 Å². The van der Waals surface area contributed by atoms with Gasteiger partial charge >= 0.3 is 0 Å². The van der Waals surface area contributed by atoms with E-state index in [4.69, 9.17) is 16.3 Å². The van der Waals surface area contributed by atoms with E-state index in [1.807, 2.05) is 30.9 Å². The number of rotatable bonds is 14. The molecule has 0 spiro atoms. The summed E-state index contributed by atoms with van der Waals surface area (Å²) in [4.78, 5) is 4.11. The molecule has 0 saturated heterocycles. The molecule has 1 atom stereocenters. The minimum absolute atomic E-state index is 0.324. The fraction of sp³-hybridized carbons (Fsp3) is 0.423. The Balaban J connectivity index is 1.39. The van der Waals surface area contributed by atoms with Crippen molar-refractivity contribution in [2.75, 3.05) is 0 Å². The van der Waals surface area contributed by atoms with Crippen LogP contribution in [0.1, 0.15) is 56.1 Å². The molecule has 0 aliphatic rings. The van der Waals surface area contributed by atoms with Gasteiger partial charge in [-0.25, -0.2) is 4.98 Å². The van der Waals surface area contributed by atoms with Crippen molar-refractivity contribution in [2.45, 2.75) is 70.6 Å². The van der Waals surface area contributed by atoms with Gasteiger partial charge in [0.15, 0.2) is 0 Å². The standard InChI is InChI=1S/C26H33ClN2O/c27-25-16-14-24(15-17-25)21-30-26(12-5-2-8-19-29-20-18-28-22-29)13-7-6-11-23-9-3-1-4-10-23/h1,3-4,9-10,14-18,20,22,26H,2,5-8,11-13,19,21H2. The molecule has 0 amide bonds. The minimum atomic E-state index is 0.324. The molecule has 3 aromatic rings. The smallest absolute Gasteiger partial charge is 0.0945 e. The van der Waals surface area contributed by atoms with Gasteiger partial charge in [-0.2, -0.15) is 0 Å². The zero-order valence-electron chi connectivity index (χ0n) is 17.8. The van der Waals surface area contributed by atoms with E-state index in [0.29, 0.717) is 12.7 Å². The van der Waals surface area contributed by atoms with E-state index >= 15 is 0 Å². The van der Waals surface area contributed by atoms with E-state index in [2.05, 4.69) is 52.0 Å². The summed E-state index contributed by atoms with van der Waals surface area (Å²) >= 11 is 6.00. The SMILES string of the molecule is Clc1ccc(COC(CCCCCn2ccnc2)CCCCc2ccccc2)cc1. The van der Waals surface area contributed by atoms with Crippen molar-refractivity contribution in [2.24, 2.45) is 0 Å². The van der Waals surface area contributed by atoms with Crippen LogP contribution in [-0.4, -0.2) is 15.7 Å². The highest BCUT2D eigenvalue weighted by atomic mass is 35.5. The van der Waals surface area contributed by atoms with Gasteiger partial charge in [0.05, 0.1) is 19.0 Å². The molecule has 3 nitrogen and oxygen atoms in total. The van der Waals surface area contributed by atoms with Crippen molar-refractivity contribution in [3.8, 4) is 0 Å². The third kappa shape index (κ3) is 8.73. The summed E-state index contributed by atoms with van der Waals surface area (Å²) in [5.41, 5.74) is 2.62. The molecule has 4 heteroatoms. The number of nitrogens with zero attached hydrogens (tertiary/aromatic N) is 2. The average molecular weight is 425 g/mol. The number of aromatic nitrogens is 2. The highest BCUT2D eigenvalue weighted by molar-refractivity contribution is 6.30. The van der Waals surface area contributed by atoms with Crippen LogP contribution in [0.5, 0.6) is 0 Å². The number of benzene rings is 2. The monoisotopic (exact) mass is 424 g/mol. The second-order valence-electron chi connectivity index (χ2n) is 7.94. The number of imidazole rings is 1. The molecule has 3 rings (SSSR count). The molecule has 160 valence electrons. The third-order valence-corrected chi connectivity index (χ3v) is 5.74. The highest BCUT2D eigenvalue weighted by Gasteiger charge is 2.10. The second kappa shape index (κ2) is 13.3. The molecule has 1 unspecified atom stereocenters. The van der Waals surface area contributed by atoms with Crippen LogP contribution >= 0.6 is 11.6 Å². The van der Waals surface area contributed by atoms with Crippen LogP contribution in [-0.2, 0) is 24.3 Å². The first kappa shape index (κ1) is 22.6. The van der Waals surface area contributed by atoms with Crippen LogP contribution < -0.4 is 0 Å². The maximum atomic E-state index is 6.31. The van der Waals surface area contributed by atoms with E-state index in [1.165, 1.54) is 43.2 Å². The normalized spacial score (nSPS) is 12.2. The first-order valence-corrected chi connectivity index (χ1v) is 11.5. The molecule has 0 aliphatic heterocycles. The molecule has 0 bridgehead atoms. The van der Waals surface area contributed by atoms with Gasteiger partial charge in [-0.1, -0.05) is 73.3 Å². The largest absolute Gasteiger partial charge is 0.374 e. The average Bonchev–Trinajstić information content (AvgIpc) is 3.29. The highest BCUT2D eigenvalue weighted by Crippen LogP contribution is 2.18. The molecule has 0 aliphatic carbocycles. The second-order valence-corrected chi connectivity index (χ2v) is 8.38. The molecule has 0 radical (unpaired) electrons. The molecule has 2 aromatic carbocycles. The summed E-state index contributed by atoms with van der Waals surface area (Å²) < 4.78 is 8.47. The van der Waals surface area contributed by atoms with E-state index in [1.54, 1.807) is 0 Å². The maximum absolute atomic E-state index is 6.31. The lowest BCUT2D eigenvalue weighted by Crippen LogP contribution is -2.13. The molecule has 30 heavy (non-hydrogen) atoms. The van der Waals surface area contributed by atoms with Crippen molar-refractivity contribution in [3.05, 3.63) is 89.5 Å². The predicted octanol–water partition coefficient (Wildman–Crippen LogP) is 7.10. The number of halogens is 1. The zero-order chi connectivity index (χ0) is 20.9. The number of hydrogen-bond acceptors (Lipinski definition) is 2. The Bertz CT molecular complexity index is 803. The molecular formula is C26H33ClN2O. The Morgan fingerprint density at radius 2 is 1.60 bits per heavy atom.